The molecule has 1 heterocycles. The van der Waals surface area contributed by atoms with Crippen molar-refractivity contribution in [3.05, 3.63) is 27.7 Å². The molecule has 1 saturated heterocycles. The van der Waals surface area contributed by atoms with Crippen LogP contribution in [0.5, 0.6) is 5.75 Å². The van der Waals surface area contributed by atoms with E-state index in [4.69, 9.17) is 9.47 Å². The molecule has 1 aromatic rings. The number of hydrogen-bond acceptors (Lipinski definition) is 3. The fourth-order valence-electron chi connectivity index (χ4n) is 2.60. The summed E-state index contributed by atoms with van der Waals surface area (Å²) in [7, 11) is 0. The van der Waals surface area contributed by atoms with Gasteiger partial charge in [-0.2, -0.15) is 0 Å². The van der Waals surface area contributed by atoms with Gasteiger partial charge in [0.05, 0.1) is 12.2 Å². The van der Waals surface area contributed by atoms with Crippen LogP contribution in [0.1, 0.15) is 37.8 Å². The molecule has 0 amide bonds. The van der Waals surface area contributed by atoms with Crippen LogP contribution in [0.2, 0.25) is 0 Å². The molecular formula is C17H26BrNO2. The number of nitrogens with one attached hydrogen (secondary N) is 1. The molecule has 0 spiro atoms. The zero-order valence-corrected chi connectivity index (χ0v) is 15.0. The summed E-state index contributed by atoms with van der Waals surface area (Å²) < 4.78 is 13.1. The first-order valence-electron chi connectivity index (χ1n) is 7.74. The quantitative estimate of drug-likeness (QED) is 0.836. The van der Waals surface area contributed by atoms with Gasteiger partial charge in [-0.1, -0.05) is 29.8 Å². The van der Waals surface area contributed by atoms with Crippen molar-refractivity contribution >= 4 is 15.9 Å². The summed E-state index contributed by atoms with van der Waals surface area (Å²) in [5, 5.41) is 3.43. The van der Waals surface area contributed by atoms with E-state index in [1.807, 2.05) is 0 Å². The van der Waals surface area contributed by atoms with E-state index in [-0.39, 0.29) is 6.10 Å². The lowest BCUT2D eigenvalue weighted by Gasteiger charge is -2.17. The van der Waals surface area contributed by atoms with Crippen molar-refractivity contribution in [1.29, 1.82) is 0 Å². The van der Waals surface area contributed by atoms with Gasteiger partial charge in [-0.15, -0.1) is 0 Å². The number of ether oxygens (including phenoxy) is 2. The van der Waals surface area contributed by atoms with Gasteiger partial charge in [0, 0.05) is 17.1 Å². The molecule has 1 N–H and O–H groups in total. The van der Waals surface area contributed by atoms with Crippen molar-refractivity contribution in [3.8, 4) is 5.75 Å². The first-order valence-corrected chi connectivity index (χ1v) is 8.53. The Labute approximate surface area is 136 Å². The summed E-state index contributed by atoms with van der Waals surface area (Å²) in [6.07, 6.45) is 2.74. The highest BCUT2D eigenvalue weighted by molar-refractivity contribution is 9.10. The average Bonchev–Trinajstić information content (AvgIpc) is 2.88. The number of rotatable bonds is 6. The van der Waals surface area contributed by atoms with Gasteiger partial charge >= 0.3 is 0 Å². The van der Waals surface area contributed by atoms with Gasteiger partial charge in [0.1, 0.15) is 12.4 Å². The second-order valence-electron chi connectivity index (χ2n) is 6.20. The summed E-state index contributed by atoms with van der Waals surface area (Å²) >= 11 is 3.58. The summed E-state index contributed by atoms with van der Waals surface area (Å²) in [6.45, 7) is 10.1. The summed E-state index contributed by atoms with van der Waals surface area (Å²) in [5.74, 6) is 0.931. The minimum Gasteiger partial charge on any atom is -0.491 e. The van der Waals surface area contributed by atoms with Crippen molar-refractivity contribution in [1.82, 2.24) is 5.32 Å². The fraction of sp³-hybridized carbons (Fsp3) is 0.647. The van der Waals surface area contributed by atoms with Crippen LogP contribution in [0, 0.1) is 13.8 Å². The molecular weight excluding hydrogens is 330 g/mol. The monoisotopic (exact) mass is 355 g/mol. The second kappa shape index (κ2) is 7.61. The van der Waals surface area contributed by atoms with Crippen molar-refractivity contribution in [3.63, 3.8) is 0 Å². The molecule has 4 heteroatoms. The largest absolute Gasteiger partial charge is 0.491 e. The van der Waals surface area contributed by atoms with Crippen LogP contribution in [0.25, 0.3) is 0 Å². The average molecular weight is 356 g/mol. The molecule has 118 valence electrons. The molecule has 1 aromatic carbocycles. The van der Waals surface area contributed by atoms with E-state index in [0.29, 0.717) is 18.8 Å². The Balaban J connectivity index is 1.79. The van der Waals surface area contributed by atoms with Crippen LogP contribution in [-0.2, 0) is 4.74 Å². The molecule has 2 unspecified atom stereocenters. The summed E-state index contributed by atoms with van der Waals surface area (Å²) in [5.41, 5.74) is 2.41. The topological polar surface area (TPSA) is 30.5 Å². The van der Waals surface area contributed by atoms with Gasteiger partial charge in [0.15, 0.2) is 0 Å². The van der Waals surface area contributed by atoms with E-state index >= 15 is 0 Å². The third-order valence-corrected chi connectivity index (χ3v) is 5.05. The van der Waals surface area contributed by atoms with E-state index in [9.17, 15) is 0 Å². The molecule has 2 rings (SSSR count). The van der Waals surface area contributed by atoms with Crippen molar-refractivity contribution in [2.24, 2.45) is 0 Å². The second-order valence-corrected chi connectivity index (χ2v) is 7.00. The maximum Gasteiger partial charge on any atom is 0.120 e. The van der Waals surface area contributed by atoms with Crippen molar-refractivity contribution < 1.29 is 9.47 Å². The van der Waals surface area contributed by atoms with Gasteiger partial charge in [-0.05, 0) is 49.9 Å². The normalized spacial score (nSPS) is 22.0. The number of hydrogen-bond donors (Lipinski definition) is 1. The molecule has 0 aliphatic carbocycles. The van der Waals surface area contributed by atoms with E-state index in [1.54, 1.807) is 0 Å². The van der Waals surface area contributed by atoms with Crippen LogP contribution in [0.15, 0.2) is 16.6 Å². The minimum atomic E-state index is 0.216. The van der Waals surface area contributed by atoms with E-state index in [1.165, 1.54) is 11.1 Å². The molecule has 1 aliphatic heterocycles. The van der Waals surface area contributed by atoms with Gasteiger partial charge in [0.2, 0.25) is 0 Å². The highest BCUT2D eigenvalue weighted by Crippen LogP contribution is 2.27. The molecule has 0 aromatic heterocycles. The third-order valence-electron chi connectivity index (χ3n) is 3.80. The lowest BCUT2D eigenvalue weighted by atomic mass is 10.1. The third kappa shape index (κ3) is 4.97. The van der Waals surface area contributed by atoms with Crippen molar-refractivity contribution in [2.45, 2.75) is 58.8 Å². The molecule has 1 aliphatic rings. The highest BCUT2D eigenvalue weighted by atomic mass is 79.9. The number of aryl methyl sites for hydroxylation is 2. The molecule has 2 atom stereocenters. The predicted octanol–water partition coefficient (Wildman–Crippen LogP) is 3.99. The Morgan fingerprint density at radius 1 is 1.24 bits per heavy atom. The van der Waals surface area contributed by atoms with Crippen LogP contribution < -0.4 is 10.1 Å². The molecule has 0 radical (unpaired) electrons. The van der Waals surface area contributed by atoms with Gasteiger partial charge in [-0.3, -0.25) is 0 Å². The van der Waals surface area contributed by atoms with E-state index in [2.05, 4.69) is 61.1 Å². The van der Waals surface area contributed by atoms with Crippen LogP contribution in [0.4, 0.5) is 0 Å². The van der Waals surface area contributed by atoms with Gasteiger partial charge in [0.25, 0.3) is 0 Å². The molecule has 3 nitrogen and oxygen atoms in total. The Hall–Kier alpha value is -0.580. The lowest BCUT2D eigenvalue weighted by molar-refractivity contribution is 0.0178. The van der Waals surface area contributed by atoms with E-state index in [0.717, 1.165) is 29.6 Å². The minimum absolute atomic E-state index is 0.216. The van der Waals surface area contributed by atoms with Crippen LogP contribution in [0.3, 0.4) is 0 Å². The predicted molar refractivity (Wildman–Crippen MR) is 90.1 cm³/mol. The van der Waals surface area contributed by atoms with Gasteiger partial charge in [-0.25, -0.2) is 0 Å². The smallest absolute Gasteiger partial charge is 0.120 e. The van der Waals surface area contributed by atoms with Crippen LogP contribution in [-0.4, -0.2) is 31.4 Å². The Morgan fingerprint density at radius 3 is 2.48 bits per heavy atom. The van der Waals surface area contributed by atoms with E-state index < -0.39 is 0 Å². The fourth-order valence-corrected chi connectivity index (χ4v) is 2.83. The summed E-state index contributed by atoms with van der Waals surface area (Å²) in [4.78, 5) is 0. The molecule has 0 saturated carbocycles. The Morgan fingerprint density at radius 2 is 1.86 bits per heavy atom. The molecule has 1 fully saturated rings. The number of benzene rings is 1. The summed E-state index contributed by atoms with van der Waals surface area (Å²) in [6, 6.07) is 4.66. The maximum atomic E-state index is 6.02. The first-order chi connectivity index (χ1) is 9.95. The lowest BCUT2D eigenvalue weighted by Crippen LogP contribution is -2.32. The Kier molecular flexibility index (Phi) is 6.08. The number of halogens is 1. The first kappa shape index (κ1) is 16.8. The zero-order chi connectivity index (χ0) is 15.4. The molecule has 0 bridgehead atoms. The molecule has 21 heavy (non-hydrogen) atoms. The van der Waals surface area contributed by atoms with Crippen molar-refractivity contribution in [2.75, 3.05) is 13.2 Å². The maximum absolute atomic E-state index is 6.02. The SMILES string of the molecule is Cc1cc(OCC2CCC(CNC(C)C)O2)cc(C)c1Br. The Bertz CT molecular complexity index is 453. The van der Waals surface area contributed by atoms with Crippen LogP contribution >= 0.6 is 15.9 Å². The highest BCUT2D eigenvalue weighted by Gasteiger charge is 2.25. The van der Waals surface area contributed by atoms with Gasteiger partial charge < -0.3 is 14.8 Å². The standard InChI is InChI=1S/C17H26BrNO2/c1-11(2)19-9-14-5-6-15(21-14)10-20-16-7-12(3)17(18)13(4)8-16/h7-8,11,14-15,19H,5-6,9-10H2,1-4H3. The zero-order valence-electron chi connectivity index (χ0n) is 13.4.